The van der Waals surface area contributed by atoms with Crippen LogP contribution in [0.1, 0.15) is 32.1 Å². The molecule has 0 amide bonds. The highest BCUT2D eigenvalue weighted by atomic mass is 79.9. The fraction of sp³-hybridized carbons (Fsp3) is 0.692. The van der Waals surface area contributed by atoms with Crippen molar-refractivity contribution < 1.29 is 0 Å². The molecule has 0 atom stereocenters. The van der Waals surface area contributed by atoms with E-state index in [9.17, 15) is 4.79 Å². The number of fused-ring (bicyclic) bond motifs is 1. The van der Waals surface area contributed by atoms with Crippen molar-refractivity contribution in [3.63, 3.8) is 0 Å². The van der Waals surface area contributed by atoms with Crippen LogP contribution in [0.15, 0.2) is 11.0 Å². The topological polar surface area (TPSA) is 65.6 Å². The van der Waals surface area contributed by atoms with E-state index >= 15 is 0 Å². The minimum absolute atomic E-state index is 0.0889. The van der Waals surface area contributed by atoms with Gasteiger partial charge in [-0.1, -0.05) is 40.4 Å². The Bertz CT molecular complexity index is 671. The van der Waals surface area contributed by atoms with Gasteiger partial charge in [0.25, 0.3) is 5.56 Å². The zero-order valence-electron chi connectivity index (χ0n) is 11.5. The Kier molecular flexibility index (Phi) is 3.62. The van der Waals surface area contributed by atoms with Gasteiger partial charge < -0.3 is 0 Å². The van der Waals surface area contributed by atoms with Gasteiger partial charge in [-0.25, -0.2) is 9.36 Å². The molecule has 0 unspecified atom stereocenters. The fourth-order valence-corrected chi connectivity index (χ4v) is 3.77. The molecule has 20 heavy (non-hydrogen) atoms. The number of hydrogen-bond acceptors (Lipinski definition) is 4. The first-order valence-electron chi connectivity index (χ1n) is 6.97. The summed E-state index contributed by atoms with van der Waals surface area (Å²) in [6.45, 7) is 0.634. The summed E-state index contributed by atoms with van der Waals surface area (Å²) in [6, 6.07) is 0. The summed E-state index contributed by atoms with van der Waals surface area (Å²) in [7, 11) is 1.77. The molecular weight excluding hydrogens is 322 g/mol. The molecule has 0 aliphatic heterocycles. The number of aryl methyl sites for hydroxylation is 1. The van der Waals surface area contributed by atoms with E-state index in [0.717, 1.165) is 18.2 Å². The smallest absolute Gasteiger partial charge is 0.267 e. The zero-order chi connectivity index (χ0) is 14.2. The summed E-state index contributed by atoms with van der Waals surface area (Å²) in [6.07, 6.45) is 7.59. The van der Waals surface area contributed by atoms with Crippen LogP contribution in [-0.4, -0.2) is 30.1 Å². The standard InChI is InChI=1S/C13H18BrN5O/c1-18-11-10(7-15-18)12(20)19(17-16-11)9-13(8-14)5-3-2-4-6-13/h7H,2-6,8-9H2,1H3. The van der Waals surface area contributed by atoms with Crippen molar-refractivity contribution in [2.24, 2.45) is 12.5 Å². The summed E-state index contributed by atoms with van der Waals surface area (Å²) in [5.74, 6) is 0. The average Bonchev–Trinajstić information content (AvgIpc) is 2.85. The van der Waals surface area contributed by atoms with Crippen LogP contribution in [0.5, 0.6) is 0 Å². The monoisotopic (exact) mass is 339 g/mol. The molecule has 1 saturated carbocycles. The molecule has 0 saturated heterocycles. The summed E-state index contributed by atoms with van der Waals surface area (Å²) in [5.41, 5.74) is 0.587. The van der Waals surface area contributed by atoms with Crippen molar-refractivity contribution >= 4 is 27.0 Å². The predicted molar refractivity (Wildman–Crippen MR) is 79.9 cm³/mol. The molecule has 2 heterocycles. The van der Waals surface area contributed by atoms with Crippen LogP contribution in [0.2, 0.25) is 0 Å². The maximum Gasteiger partial charge on any atom is 0.280 e. The lowest BCUT2D eigenvalue weighted by atomic mass is 9.75. The number of hydrogen-bond donors (Lipinski definition) is 0. The van der Waals surface area contributed by atoms with E-state index in [1.54, 1.807) is 17.9 Å². The Morgan fingerprint density at radius 2 is 2.10 bits per heavy atom. The third-order valence-corrected chi connectivity index (χ3v) is 5.49. The molecule has 6 nitrogen and oxygen atoms in total. The zero-order valence-corrected chi connectivity index (χ0v) is 13.1. The Balaban J connectivity index is 1.98. The fourth-order valence-electron chi connectivity index (χ4n) is 3.03. The largest absolute Gasteiger partial charge is 0.280 e. The van der Waals surface area contributed by atoms with Crippen LogP contribution in [0.3, 0.4) is 0 Å². The lowest BCUT2D eigenvalue weighted by Gasteiger charge is -2.35. The SMILES string of the molecule is Cn1ncc2c(=O)n(CC3(CBr)CCCCC3)nnc21. The molecule has 2 aromatic rings. The maximum absolute atomic E-state index is 12.5. The molecule has 0 spiro atoms. The molecule has 0 bridgehead atoms. The second-order valence-corrected chi connectivity index (χ2v) is 6.31. The lowest BCUT2D eigenvalue weighted by Crippen LogP contribution is -2.37. The van der Waals surface area contributed by atoms with E-state index in [2.05, 4.69) is 31.3 Å². The van der Waals surface area contributed by atoms with Crippen molar-refractivity contribution in [1.29, 1.82) is 0 Å². The minimum atomic E-state index is -0.0889. The number of alkyl halides is 1. The van der Waals surface area contributed by atoms with E-state index in [1.165, 1.54) is 23.9 Å². The molecule has 3 rings (SSSR count). The molecule has 108 valence electrons. The molecule has 1 aliphatic carbocycles. The predicted octanol–water partition coefficient (Wildman–Crippen LogP) is 1.87. The van der Waals surface area contributed by atoms with Gasteiger partial charge in [0.05, 0.1) is 12.7 Å². The highest BCUT2D eigenvalue weighted by Crippen LogP contribution is 2.38. The van der Waals surface area contributed by atoms with Crippen LogP contribution in [-0.2, 0) is 13.6 Å². The second kappa shape index (κ2) is 5.27. The van der Waals surface area contributed by atoms with E-state index in [4.69, 9.17) is 0 Å². The molecule has 0 aromatic carbocycles. The van der Waals surface area contributed by atoms with E-state index in [0.29, 0.717) is 17.6 Å². The number of rotatable bonds is 3. The lowest BCUT2D eigenvalue weighted by molar-refractivity contribution is 0.178. The summed E-state index contributed by atoms with van der Waals surface area (Å²) >= 11 is 3.62. The van der Waals surface area contributed by atoms with Crippen molar-refractivity contribution in [1.82, 2.24) is 24.8 Å². The van der Waals surface area contributed by atoms with Gasteiger partial charge in [0.2, 0.25) is 0 Å². The highest BCUT2D eigenvalue weighted by molar-refractivity contribution is 9.09. The van der Waals surface area contributed by atoms with Crippen molar-refractivity contribution in [2.75, 3.05) is 5.33 Å². The van der Waals surface area contributed by atoms with Crippen molar-refractivity contribution in [3.05, 3.63) is 16.6 Å². The summed E-state index contributed by atoms with van der Waals surface area (Å²) in [5, 5.41) is 13.7. The van der Waals surface area contributed by atoms with Gasteiger partial charge in [-0.3, -0.25) is 4.79 Å². The number of nitrogens with zero attached hydrogens (tertiary/aromatic N) is 5. The van der Waals surface area contributed by atoms with Crippen LogP contribution in [0.4, 0.5) is 0 Å². The summed E-state index contributed by atoms with van der Waals surface area (Å²) in [4.78, 5) is 12.5. The molecule has 0 N–H and O–H groups in total. The number of aromatic nitrogens is 5. The molecular formula is C13H18BrN5O. The summed E-state index contributed by atoms with van der Waals surface area (Å²) < 4.78 is 3.09. The van der Waals surface area contributed by atoms with Crippen molar-refractivity contribution in [3.8, 4) is 0 Å². The Hall–Kier alpha value is -1.24. The minimum Gasteiger partial charge on any atom is -0.267 e. The maximum atomic E-state index is 12.5. The average molecular weight is 340 g/mol. The first kappa shape index (κ1) is 13.7. The molecule has 0 radical (unpaired) electrons. The Morgan fingerprint density at radius 3 is 2.80 bits per heavy atom. The highest BCUT2D eigenvalue weighted by Gasteiger charge is 2.32. The first-order chi connectivity index (χ1) is 9.65. The van der Waals surface area contributed by atoms with Gasteiger partial charge in [0.15, 0.2) is 5.65 Å². The van der Waals surface area contributed by atoms with E-state index in [-0.39, 0.29) is 11.0 Å². The van der Waals surface area contributed by atoms with Crippen LogP contribution < -0.4 is 5.56 Å². The van der Waals surface area contributed by atoms with Crippen molar-refractivity contribution in [2.45, 2.75) is 38.6 Å². The molecule has 7 heteroatoms. The van der Waals surface area contributed by atoms with E-state index in [1.807, 2.05) is 0 Å². The Labute approximate surface area is 125 Å². The second-order valence-electron chi connectivity index (χ2n) is 5.75. The molecule has 2 aromatic heterocycles. The van der Waals surface area contributed by atoms with Gasteiger partial charge in [-0.05, 0) is 18.3 Å². The van der Waals surface area contributed by atoms with Crippen LogP contribution in [0.25, 0.3) is 11.0 Å². The third kappa shape index (κ3) is 2.28. The third-order valence-electron chi connectivity index (χ3n) is 4.30. The Morgan fingerprint density at radius 1 is 1.35 bits per heavy atom. The first-order valence-corrected chi connectivity index (χ1v) is 8.09. The number of halogens is 1. The normalized spacial score (nSPS) is 18.5. The van der Waals surface area contributed by atoms with Gasteiger partial charge >= 0.3 is 0 Å². The van der Waals surface area contributed by atoms with Gasteiger partial charge in [-0.2, -0.15) is 5.10 Å². The van der Waals surface area contributed by atoms with Gasteiger partial charge in [0, 0.05) is 12.4 Å². The quantitative estimate of drug-likeness (QED) is 0.800. The van der Waals surface area contributed by atoms with Gasteiger partial charge in [0.1, 0.15) is 5.39 Å². The van der Waals surface area contributed by atoms with E-state index < -0.39 is 0 Å². The molecule has 1 aliphatic rings. The molecule has 1 fully saturated rings. The van der Waals surface area contributed by atoms with Gasteiger partial charge in [-0.15, -0.1) is 5.10 Å². The van der Waals surface area contributed by atoms with Crippen LogP contribution in [0, 0.1) is 5.41 Å². The van der Waals surface area contributed by atoms with Crippen LogP contribution >= 0.6 is 15.9 Å².